The maximum Gasteiger partial charge on any atom is 0.126 e. The van der Waals surface area contributed by atoms with E-state index in [0.29, 0.717) is 16.7 Å². The van der Waals surface area contributed by atoms with Crippen LogP contribution in [0, 0.1) is 18.6 Å². The Hall–Kier alpha value is -1.74. The van der Waals surface area contributed by atoms with Crippen molar-refractivity contribution >= 4 is 0 Å². The van der Waals surface area contributed by atoms with Crippen LogP contribution in [-0.2, 0) is 0 Å². The van der Waals surface area contributed by atoms with Crippen LogP contribution in [0.15, 0.2) is 42.5 Å². The molecule has 17 heavy (non-hydrogen) atoms. The highest BCUT2D eigenvalue weighted by atomic mass is 19.1. The van der Waals surface area contributed by atoms with Gasteiger partial charge in [0.25, 0.3) is 0 Å². The van der Waals surface area contributed by atoms with E-state index in [9.17, 15) is 13.9 Å². The third-order valence-electron chi connectivity index (χ3n) is 2.77. The van der Waals surface area contributed by atoms with Gasteiger partial charge in [0.2, 0.25) is 0 Å². The minimum absolute atomic E-state index is 0.377. The molecule has 0 radical (unpaired) electrons. The SMILES string of the molecule is Cc1c(F)cccc1C(O)c1cccc(F)c1. The van der Waals surface area contributed by atoms with Gasteiger partial charge in [-0.2, -0.15) is 0 Å². The molecule has 0 aromatic heterocycles. The van der Waals surface area contributed by atoms with Gasteiger partial charge in [-0.25, -0.2) is 8.78 Å². The molecule has 3 heteroatoms. The van der Waals surface area contributed by atoms with E-state index in [1.54, 1.807) is 19.1 Å². The van der Waals surface area contributed by atoms with Crippen LogP contribution < -0.4 is 0 Å². The van der Waals surface area contributed by atoms with Crippen molar-refractivity contribution in [2.24, 2.45) is 0 Å². The minimum atomic E-state index is -1.01. The van der Waals surface area contributed by atoms with E-state index in [1.807, 2.05) is 0 Å². The lowest BCUT2D eigenvalue weighted by Gasteiger charge is -2.14. The maximum atomic E-state index is 13.3. The predicted octanol–water partition coefficient (Wildman–Crippen LogP) is 3.35. The molecule has 2 rings (SSSR count). The predicted molar refractivity (Wildman–Crippen MR) is 61.6 cm³/mol. The average molecular weight is 234 g/mol. The molecule has 0 saturated heterocycles. The van der Waals surface area contributed by atoms with Gasteiger partial charge in [0, 0.05) is 0 Å². The molecule has 0 saturated carbocycles. The van der Waals surface area contributed by atoms with Gasteiger partial charge in [0.1, 0.15) is 17.7 Å². The molecule has 2 aromatic carbocycles. The van der Waals surface area contributed by atoms with Crippen LogP contribution in [0.3, 0.4) is 0 Å². The summed E-state index contributed by atoms with van der Waals surface area (Å²) in [4.78, 5) is 0. The van der Waals surface area contributed by atoms with Gasteiger partial charge in [-0.15, -0.1) is 0 Å². The minimum Gasteiger partial charge on any atom is -0.384 e. The van der Waals surface area contributed by atoms with E-state index in [1.165, 1.54) is 30.3 Å². The lowest BCUT2D eigenvalue weighted by molar-refractivity contribution is 0.218. The zero-order chi connectivity index (χ0) is 12.4. The Balaban J connectivity index is 2.44. The van der Waals surface area contributed by atoms with Gasteiger partial charge in [-0.1, -0.05) is 24.3 Å². The summed E-state index contributed by atoms with van der Waals surface area (Å²) < 4.78 is 26.4. The number of aliphatic hydroxyl groups excluding tert-OH is 1. The Morgan fingerprint density at radius 2 is 1.76 bits per heavy atom. The molecule has 1 unspecified atom stereocenters. The third kappa shape index (κ3) is 2.34. The molecule has 0 bridgehead atoms. The van der Waals surface area contributed by atoms with Gasteiger partial charge in [-0.3, -0.25) is 0 Å². The lowest BCUT2D eigenvalue weighted by Crippen LogP contribution is -2.03. The van der Waals surface area contributed by atoms with E-state index in [2.05, 4.69) is 0 Å². The summed E-state index contributed by atoms with van der Waals surface area (Å²) in [6.45, 7) is 1.59. The van der Waals surface area contributed by atoms with Crippen LogP contribution >= 0.6 is 0 Å². The summed E-state index contributed by atoms with van der Waals surface area (Å²) in [6, 6.07) is 10.2. The Kier molecular flexibility index (Phi) is 3.20. The standard InChI is InChI=1S/C14H12F2O/c1-9-12(6-3-7-13(9)16)14(17)10-4-2-5-11(15)8-10/h2-8,14,17H,1H3. The van der Waals surface area contributed by atoms with Crippen LogP contribution in [0.4, 0.5) is 8.78 Å². The van der Waals surface area contributed by atoms with Gasteiger partial charge < -0.3 is 5.11 Å². The molecule has 0 aliphatic rings. The number of benzene rings is 2. The van der Waals surface area contributed by atoms with Gasteiger partial charge >= 0.3 is 0 Å². The summed E-state index contributed by atoms with van der Waals surface area (Å²) >= 11 is 0. The number of hydrogen-bond acceptors (Lipinski definition) is 1. The molecule has 0 heterocycles. The molecular weight excluding hydrogens is 222 g/mol. The molecule has 88 valence electrons. The fourth-order valence-electron chi connectivity index (χ4n) is 1.78. The summed E-state index contributed by atoms with van der Waals surface area (Å²) in [5.41, 5.74) is 1.25. The second-order valence-corrected chi connectivity index (χ2v) is 3.91. The summed E-state index contributed by atoms with van der Waals surface area (Å²) in [5.74, 6) is -0.798. The molecule has 1 N–H and O–H groups in total. The van der Waals surface area contributed by atoms with Crippen molar-refractivity contribution in [2.75, 3.05) is 0 Å². The second kappa shape index (κ2) is 4.63. The zero-order valence-electron chi connectivity index (χ0n) is 9.32. The van der Waals surface area contributed by atoms with Crippen LogP contribution in [0.5, 0.6) is 0 Å². The van der Waals surface area contributed by atoms with Crippen LogP contribution in [-0.4, -0.2) is 5.11 Å². The molecule has 2 aromatic rings. The van der Waals surface area contributed by atoms with Crippen LogP contribution in [0.2, 0.25) is 0 Å². The van der Waals surface area contributed by atoms with Crippen LogP contribution in [0.25, 0.3) is 0 Å². The normalized spacial score (nSPS) is 12.5. The summed E-state index contributed by atoms with van der Waals surface area (Å²) in [7, 11) is 0. The first kappa shape index (κ1) is 11.7. The molecule has 1 atom stereocenters. The summed E-state index contributed by atoms with van der Waals surface area (Å²) in [5, 5.41) is 10.1. The molecule has 1 nitrogen and oxygen atoms in total. The van der Waals surface area contributed by atoms with Crippen LogP contribution in [0.1, 0.15) is 22.8 Å². The highest BCUT2D eigenvalue weighted by Crippen LogP contribution is 2.26. The zero-order valence-corrected chi connectivity index (χ0v) is 9.32. The van der Waals surface area contributed by atoms with E-state index >= 15 is 0 Å². The average Bonchev–Trinajstić information content (AvgIpc) is 2.32. The Morgan fingerprint density at radius 3 is 2.47 bits per heavy atom. The maximum absolute atomic E-state index is 13.3. The molecule has 0 spiro atoms. The van der Waals surface area contributed by atoms with E-state index in [-0.39, 0.29) is 5.82 Å². The molecular formula is C14H12F2O. The van der Waals surface area contributed by atoms with Crippen molar-refractivity contribution < 1.29 is 13.9 Å². The second-order valence-electron chi connectivity index (χ2n) is 3.91. The first-order valence-corrected chi connectivity index (χ1v) is 5.28. The highest BCUT2D eigenvalue weighted by molar-refractivity contribution is 5.35. The largest absolute Gasteiger partial charge is 0.384 e. The monoisotopic (exact) mass is 234 g/mol. The quantitative estimate of drug-likeness (QED) is 0.844. The number of halogens is 2. The summed E-state index contributed by atoms with van der Waals surface area (Å²) in [6.07, 6.45) is -1.01. The van der Waals surface area contributed by atoms with Gasteiger partial charge in [-0.05, 0) is 41.8 Å². The van der Waals surface area contributed by atoms with E-state index < -0.39 is 11.9 Å². The van der Waals surface area contributed by atoms with Crippen molar-refractivity contribution in [3.63, 3.8) is 0 Å². The van der Waals surface area contributed by atoms with Crippen molar-refractivity contribution in [2.45, 2.75) is 13.0 Å². The Bertz CT molecular complexity index is 537. The topological polar surface area (TPSA) is 20.2 Å². The highest BCUT2D eigenvalue weighted by Gasteiger charge is 2.15. The lowest BCUT2D eigenvalue weighted by atomic mass is 9.97. The van der Waals surface area contributed by atoms with Crippen molar-refractivity contribution in [3.8, 4) is 0 Å². The fourth-order valence-corrected chi connectivity index (χ4v) is 1.78. The molecule has 0 aliphatic carbocycles. The number of rotatable bonds is 2. The molecule has 0 fully saturated rings. The van der Waals surface area contributed by atoms with Crippen molar-refractivity contribution in [1.82, 2.24) is 0 Å². The molecule has 0 amide bonds. The molecule has 0 aliphatic heterocycles. The van der Waals surface area contributed by atoms with Crippen molar-refractivity contribution in [3.05, 3.63) is 70.8 Å². The van der Waals surface area contributed by atoms with E-state index in [0.717, 1.165) is 0 Å². The van der Waals surface area contributed by atoms with Gasteiger partial charge in [0.15, 0.2) is 0 Å². The Morgan fingerprint density at radius 1 is 1.06 bits per heavy atom. The smallest absolute Gasteiger partial charge is 0.126 e. The number of hydrogen-bond donors (Lipinski definition) is 1. The van der Waals surface area contributed by atoms with Crippen molar-refractivity contribution in [1.29, 1.82) is 0 Å². The number of aliphatic hydroxyl groups is 1. The third-order valence-corrected chi connectivity index (χ3v) is 2.77. The fraction of sp³-hybridized carbons (Fsp3) is 0.143. The first-order chi connectivity index (χ1) is 8.09. The first-order valence-electron chi connectivity index (χ1n) is 5.28. The van der Waals surface area contributed by atoms with E-state index in [4.69, 9.17) is 0 Å². The Labute approximate surface area is 98.3 Å². The van der Waals surface area contributed by atoms with Gasteiger partial charge in [0.05, 0.1) is 0 Å².